The van der Waals surface area contributed by atoms with Crippen molar-refractivity contribution < 1.29 is 9.53 Å². The fraction of sp³-hybridized carbons (Fsp3) is 0.917. The lowest BCUT2D eigenvalue weighted by Gasteiger charge is -2.14. The first-order valence-electron chi connectivity index (χ1n) is 6.19. The number of carbonyl (C=O) groups is 1. The van der Waals surface area contributed by atoms with Gasteiger partial charge in [0, 0.05) is 13.1 Å². The molecule has 1 unspecified atom stereocenters. The molecule has 0 aromatic rings. The topological polar surface area (TPSA) is 67.6 Å². The Balaban J connectivity index is 3.45. The second-order valence-corrected chi connectivity index (χ2v) is 4.94. The Bertz CT molecular complexity index is 208. The van der Waals surface area contributed by atoms with Crippen LogP contribution in [0.1, 0.15) is 20.3 Å². The van der Waals surface area contributed by atoms with Crippen molar-refractivity contribution in [1.82, 2.24) is 10.2 Å². The molecule has 0 aromatic carbocycles. The first-order chi connectivity index (χ1) is 7.93. The summed E-state index contributed by atoms with van der Waals surface area (Å²) in [5.41, 5.74) is 5.74. The summed E-state index contributed by atoms with van der Waals surface area (Å²) in [6, 6.07) is -0.406. The Kier molecular flexibility index (Phi) is 9.03. The van der Waals surface area contributed by atoms with Crippen LogP contribution in [0.2, 0.25) is 0 Å². The summed E-state index contributed by atoms with van der Waals surface area (Å²) >= 11 is 0. The average molecular weight is 245 g/mol. The molecule has 0 saturated carbocycles. The van der Waals surface area contributed by atoms with E-state index in [0.717, 1.165) is 6.54 Å². The van der Waals surface area contributed by atoms with Crippen molar-refractivity contribution >= 4 is 5.91 Å². The van der Waals surface area contributed by atoms with Gasteiger partial charge in [0.05, 0.1) is 19.3 Å². The van der Waals surface area contributed by atoms with E-state index in [9.17, 15) is 4.79 Å². The number of hydrogen-bond acceptors (Lipinski definition) is 4. The highest BCUT2D eigenvalue weighted by molar-refractivity contribution is 5.81. The molecule has 0 heterocycles. The summed E-state index contributed by atoms with van der Waals surface area (Å²) in [4.78, 5) is 13.6. The van der Waals surface area contributed by atoms with Gasteiger partial charge in [0.1, 0.15) is 0 Å². The molecular weight excluding hydrogens is 218 g/mol. The molecule has 3 N–H and O–H groups in total. The van der Waals surface area contributed by atoms with Crippen LogP contribution in [0.5, 0.6) is 0 Å². The molecule has 0 aromatic heterocycles. The average Bonchev–Trinajstić information content (AvgIpc) is 2.21. The van der Waals surface area contributed by atoms with Gasteiger partial charge in [-0.25, -0.2) is 0 Å². The maximum absolute atomic E-state index is 11.5. The molecule has 0 aliphatic heterocycles. The highest BCUT2D eigenvalue weighted by Gasteiger charge is 2.13. The van der Waals surface area contributed by atoms with Gasteiger partial charge in [-0.3, -0.25) is 4.79 Å². The minimum absolute atomic E-state index is 0.0880. The molecule has 0 fully saturated rings. The van der Waals surface area contributed by atoms with E-state index in [-0.39, 0.29) is 5.91 Å². The van der Waals surface area contributed by atoms with Gasteiger partial charge in [0.2, 0.25) is 5.91 Å². The molecular formula is C12H27N3O2. The number of nitrogens with two attached hydrogens (primary N) is 1. The van der Waals surface area contributed by atoms with Crippen LogP contribution in [0, 0.1) is 5.92 Å². The van der Waals surface area contributed by atoms with Gasteiger partial charge in [-0.2, -0.15) is 0 Å². The van der Waals surface area contributed by atoms with Crippen molar-refractivity contribution in [3.05, 3.63) is 0 Å². The number of rotatable bonds is 9. The number of ether oxygens (including phenoxy) is 1. The third kappa shape index (κ3) is 10.2. The molecule has 0 rings (SSSR count). The lowest BCUT2D eigenvalue weighted by Crippen LogP contribution is -2.42. The summed E-state index contributed by atoms with van der Waals surface area (Å²) in [6.45, 7) is 6.74. The number of carbonyl (C=O) groups excluding carboxylic acids is 1. The van der Waals surface area contributed by atoms with Gasteiger partial charge in [0.15, 0.2) is 0 Å². The van der Waals surface area contributed by atoms with Crippen molar-refractivity contribution in [3.8, 4) is 0 Å². The number of nitrogens with one attached hydrogen (secondary N) is 1. The fourth-order valence-electron chi connectivity index (χ4n) is 1.34. The predicted molar refractivity (Wildman–Crippen MR) is 69.8 cm³/mol. The van der Waals surface area contributed by atoms with Gasteiger partial charge >= 0.3 is 0 Å². The van der Waals surface area contributed by atoms with Crippen LogP contribution in [0.3, 0.4) is 0 Å². The maximum atomic E-state index is 11.5. The number of amides is 1. The summed E-state index contributed by atoms with van der Waals surface area (Å²) in [5, 5.41) is 2.77. The third-order valence-electron chi connectivity index (χ3n) is 2.29. The van der Waals surface area contributed by atoms with Crippen molar-refractivity contribution in [1.29, 1.82) is 0 Å². The Labute approximate surface area is 105 Å². The maximum Gasteiger partial charge on any atom is 0.237 e. The van der Waals surface area contributed by atoms with E-state index < -0.39 is 6.04 Å². The smallest absolute Gasteiger partial charge is 0.237 e. The molecule has 0 spiro atoms. The minimum atomic E-state index is -0.406. The van der Waals surface area contributed by atoms with Gasteiger partial charge in [0.25, 0.3) is 0 Å². The molecule has 5 nitrogen and oxygen atoms in total. The van der Waals surface area contributed by atoms with Crippen LogP contribution in [-0.4, -0.2) is 57.2 Å². The van der Waals surface area contributed by atoms with E-state index in [4.69, 9.17) is 10.5 Å². The number of likely N-dealkylation sites (N-methyl/N-ethyl adjacent to an activating group) is 1. The normalized spacial score (nSPS) is 13.1. The Morgan fingerprint density at radius 2 is 2.00 bits per heavy atom. The van der Waals surface area contributed by atoms with E-state index in [2.05, 4.69) is 24.1 Å². The molecule has 17 heavy (non-hydrogen) atoms. The van der Waals surface area contributed by atoms with Crippen molar-refractivity contribution in [3.63, 3.8) is 0 Å². The fourth-order valence-corrected chi connectivity index (χ4v) is 1.34. The third-order valence-corrected chi connectivity index (χ3v) is 2.29. The van der Waals surface area contributed by atoms with Gasteiger partial charge in [-0.1, -0.05) is 13.8 Å². The standard InChI is InChI=1S/C12H27N3O2/c1-10(2)9-11(13)12(16)14-5-7-17-8-6-15(3)4/h10-11H,5-9,13H2,1-4H3,(H,14,16). The minimum Gasteiger partial charge on any atom is -0.378 e. The number of nitrogens with zero attached hydrogens (tertiary/aromatic N) is 1. The lowest BCUT2D eigenvalue weighted by molar-refractivity contribution is -0.122. The quantitative estimate of drug-likeness (QED) is 0.563. The van der Waals surface area contributed by atoms with Crippen molar-refractivity contribution in [2.24, 2.45) is 11.7 Å². The van der Waals surface area contributed by atoms with Crippen LogP contribution in [-0.2, 0) is 9.53 Å². The SMILES string of the molecule is CC(C)CC(N)C(=O)NCCOCCN(C)C. The van der Waals surface area contributed by atoms with E-state index in [1.54, 1.807) is 0 Å². The summed E-state index contributed by atoms with van der Waals surface area (Å²) in [7, 11) is 3.99. The molecule has 5 heteroatoms. The molecule has 0 bridgehead atoms. The molecule has 1 atom stereocenters. The second-order valence-electron chi connectivity index (χ2n) is 4.94. The van der Waals surface area contributed by atoms with Crippen LogP contribution < -0.4 is 11.1 Å². The van der Waals surface area contributed by atoms with Crippen molar-refractivity contribution in [2.75, 3.05) is 40.4 Å². The lowest BCUT2D eigenvalue weighted by atomic mass is 10.0. The van der Waals surface area contributed by atoms with E-state index >= 15 is 0 Å². The zero-order valence-electron chi connectivity index (χ0n) is 11.5. The van der Waals surface area contributed by atoms with Crippen LogP contribution >= 0.6 is 0 Å². The molecule has 102 valence electrons. The molecule has 0 radical (unpaired) electrons. The monoisotopic (exact) mass is 245 g/mol. The van der Waals surface area contributed by atoms with Gasteiger partial charge in [-0.15, -0.1) is 0 Å². The summed E-state index contributed by atoms with van der Waals surface area (Å²) < 4.78 is 5.36. The van der Waals surface area contributed by atoms with Crippen molar-refractivity contribution in [2.45, 2.75) is 26.3 Å². The molecule has 0 aliphatic carbocycles. The molecule has 0 aliphatic rings. The Morgan fingerprint density at radius 1 is 1.35 bits per heavy atom. The summed E-state index contributed by atoms with van der Waals surface area (Å²) in [6.07, 6.45) is 0.716. The zero-order valence-corrected chi connectivity index (χ0v) is 11.5. The largest absolute Gasteiger partial charge is 0.378 e. The zero-order chi connectivity index (χ0) is 13.3. The van der Waals surface area contributed by atoms with Gasteiger partial charge in [-0.05, 0) is 26.4 Å². The van der Waals surface area contributed by atoms with E-state index in [1.165, 1.54) is 0 Å². The highest BCUT2D eigenvalue weighted by atomic mass is 16.5. The van der Waals surface area contributed by atoms with E-state index in [1.807, 2.05) is 14.1 Å². The van der Waals surface area contributed by atoms with Crippen LogP contribution in [0.15, 0.2) is 0 Å². The Morgan fingerprint density at radius 3 is 2.53 bits per heavy atom. The van der Waals surface area contributed by atoms with E-state index in [0.29, 0.717) is 32.1 Å². The summed E-state index contributed by atoms with van der Waals surface area (Å²) in [5.74, 6) is 0.349. The highest BCUT2D eigenvalue weighted by Crippen LogP contribution is 2.02. The van der Waals surface area contributed by atoms with Crippen LogP contribution in [0.25, 0.3) is 0 Å². The predicted octanol–water partition coefficient (Wildman–Crippen LogP) is 0.0542. The first-order valence-corrected chi connectivity index (χ1v) is 6.19. The Hall–Kier alpha value is -0.650. The first kappa shape index (κ1) is 16.4. The second kappa shape index (κ2) is 9.39. The van der Waals surface area contributed by atoms with Gasteiger partial charge < -0.3 is 20.7 Å². The molecule has 1 amide bonds. The number of hydrogen-bond donors (Lipinski definition) is 2. The van der Waals surface area contributed by atoms with Crippen LogP contribution in [0.4, 0.5) is 0 Å². The molecule has 0 saturated heterocycles.